The number of nitrogens with two attached hydrogens (primary N) is 1. The third-order valence-electron chi connectivity index (χ3n) is 4.73. The maximum atomic E-state index is 5.84. The molecule has 1 aromatic heterocycles. The molecule has 1 heterocycles. The first-order valence-corrected chi connectivity index (χ1v) is 8.67. The molecule has 1 aliphatic carbocycles. The van der Waals surface area contributed by atoms with Crippen LogP contribution in [0.4, 0.5) is 0 Å². The van der Waals surface area contributed by atoms with Crippen LogP contribution in [-0.2, 0) is 5.54 Å². The number of nitrogens with one attached hydrogen (secondary N) is 1. The van der Waals surface area contributed by atoms with Gasteiger partial charge in [-0.3, -0.25) is 0 Å². The highest BCUT2D eigenvalue weighted by molar-refractivity contribution is 4.95. The highest BCUT2D eigenvalue weighted by Crippen LogP contribution is 2.29. The third-order valence-corrected chi connectivity index (χ3v) is 4.73. The first kappa shape index (κ1) is 17.3. The molecule has 0 amide bonds. The van der Waals surface area contributed by atoms with Gasteiger partial charge in [-0.25, -0.2) is 4.68 Å². The molecular formula is C16H32N6. The van der Waals surface area contributed by atoms with Crippen molar-refractivity contribution in [3.63, 3.8) is 0 Å². The number of hydrogen-bond donors (Lipinski definition) is 2. The van der Waals surface area contributed by atoms with E-state index in [1.54, 1.807) is 0 Å². The second-order valence-electron chi connectivity index (χ2n) is 7.62. The molecule has 0 radical (unpaired) electrons. The van der Waals surface area contributed by atoms with Crippen LogP contribution in [-0.4, -0.2) is 33.3 Å². The van der Waals surface area contributed by atoms with Gasteiger partial charge in [-0.15, -0.1) is 5.10 Å². The first-order valence-electron chi connectivity index (χ1n) is 8.67. The lowest BCUT2D eigenvalue weighted by atomic mass is 9.81. The Bertz CT molecular complexity index is 450. The second kappa shape index (κ2) is 7.51. The molecule has 3 unspecified atom stereocenters. The van der Waals surface area contributed by atoms with E-state index in [0.29, 0.717) is 5.92 Å². The molecule has 1 aliphatic rings. The predicted octanol–water partition coefficient (Wildman–Crippen LogP) is 2.23. The Labute approximate surface area is 134 Å². The van der Waals surface area contributed by atoms with E-state index in [-0.39, 0.29) is 11.6 Å². The second-order valence-corrected chi connectivity index (χ2v) is 7.62. The van der Waals surface area contributed by atoms with E-state index in [2.05, 4.69) is 48.5 Å². The summed E-state index contributed by atoms with van der Waals surface area (Å²) < 4.78 is 1.94. The summed E-state index contributed by atoms with van der Waals surface area (Å²) in [7, 11) is 0. The monoisotopic (exact) mass is 308 g/mol. The zero-order chi connectivity index (χ0) is 16.2. The highest BCUT2D eigenvalue weighted by Gasteiger charge is 2.26. The molecule has 2 rings (SSSR count). The van der Waals surface area contributed by atoms with Gasteiger partial charge in [0.05, 0.1) is 11.6 Å². The smallest absolute Gasteiger partial charge is 0.168 e. The van der Waals surface area contributed by atoms with E-state index in [9.17, 15) is 0 Å². The van der Waals surface area contributed by atoms with Crippen LogP contribution in [0.2, 0.25) is 0 Å². The van der Waals surface area contributed by atoms with Gasteiger partial charge in [-0.1, -0.05) is 13.3 Å². The van der Waals surface area contributed by atoms with Gasteiger partial charge in [0.2, 0.25) is 0 Å². The largest absolute Gasteiger partial charge is 0.330 e. The van der Waals surface area contributed by atoms with E-state index in [1.165, 1.54) is 25.7 Å². The predicted molar refractivity (Wildman–Crippen MR) is 88.4 cm³/mol. The average Bonchev–Trinajstić information content (AvgIpc) is 2.98. The van der Waals surface area contributed by atoms with Crippen molar-refractivity contribution in [2.75, 3.05) is 13.1 Å². The van der Waals surface area contributed by atoms with Crippen molar-refractivity contribution in [1.29, 1.82) is 0 Å². The maximum absolute atomic E-state index is 5.84. The molecule has 1 aromatic rings. The zero-order valence-electron chi connectivity index (χ0n) is 14.5. The van der Waals surface area contributed by atoms with Crippen LogP contribution in [0.1, 0.15) is 71.7 Å². The molecule has 6 nitrogen and oxygen atoms in total. The van der Waals surface area contributed by atoms with Crippen LogP contribution in [0.25, 0.3) is 0 Å². The molecule has 0 aromatic carbocycles. The summed E-state index contributed by atoms with van der Waals surface area (Å²) >= 11 is 0. The summed E-state index contributed by atoms with van der Waals surface area (Å²) in [5, 5.41) is 16.0. The number of nitrogens with zero attached hydrogens (tertiary/aromatic N) is 4. The van der Waals surface area contributed by atoms with Crippen molar-refractivity contribution in [3.05, 3.63) is 5.82 Å². The van der Waals surface area contributed by atoms with Gasteiger partial charge in [-0.05, 0) is 81.8 Å². The zero-order valence-corrected chi connectivity index (χ0v) is 14.5. The van der Waals surface area contributed by atoms with Gasteiger partial charge in [0.15, 0.2) is 5.82 Å². The van der Waals surface area contributed by atoms with Crippen LogP contribution >= 0.6 is 0 Å². The van der Waals surface area contributed by atoms with Gasteiger partial charge in [-0.2, -0.15) is 0 Å². The maximum Gasteiger partial charge on any atom is 0.168 e. The fourth-order valence-electron chi connectivity index (χ4n) is 3.42. The molecule has 0 spiro atoms. The minimum atomic E-state index is -0.0938. The Morgan fingerprint density at radius 2 is 2.05 bits per heavy atom. The molecule has 3 atom stereocenters. The van der Waals surface area contributed by atoms with Gasteiger partial charge >= 0.3 is 0 Å². The standard InChI is InChI=1S/C16H32N6/c1-5-14(15-19-20-21-22(15)16(2,3)4)18-11-13-8-6-7-12(9-13)10-17/h12-14,18H,5-11,17H2,1-4H3. The Balaban J connectivity index is 1.97. The van der Waals surface area contributed by atoms with Crippen LogP contribution in [0.15, 0.2) is 0 Å². The van der Waals surface area contributed by atoms with E-state index in [4.69, 9.17) is 5.73 Å². The molecular weight excluding hydrogens is 276 g/mol. The van der Waals surface area contributed by atoms with Crippen molar-refractivity contribution < 1.29 is 0 Å². The third kappa shape index (κ3) is 4.26. The topological polar surface area (TPSA) is 81.7 Å². The molecule has 1 fully saturated rings. The molecule has 22 heavy (non-hydrogen) atoms. The van der Waals surface area contributed by atoms with Crippen molar-refractivity contribution in [3.8, 4) is 0 Å². The Morgan fingerprint density at radius 3 is 2.68 bits per heavy atom. The van der Waals surface area contributed by atoms with Gasteiger partial charge in [0, 0.05) is 0 Å². The van der Waals surface area contributed by atoms with Crippen LogP contribution in [0.3, 0.4) is 0 Å². The van der Waals surface area contributed by atoms with Gasteiger partial charge < -0.3 is 11.1 Å². The van der Waals surface area contributed by atoms with Crippen LogP contribution in [0.5, 0.6) is 0 Å². The lowest BCUT2D eigenvalue weighted by Crippen LogP contribution is -2.35. The molecule has 0 saturated heterocycles. The summed E-state index contributed by atoms with van der Waals surface area (Å²) in [6, 6.07) is 0.215. The minimum Gasteiger partial charge on any atom is -0.330 e. The van der Waals surface area contributed by atoms with E-state index >= 15 is 0 Å². The van der Waals surface area contributed by atoms with E-state index in [1.807, 2.05) is 4.68 Å². The van der Waals surface area contributed by atoms with E-state index in [0.717, 1.165) is 31.3 Å². The molecule has 126 valence electrons. The quantitative estimate of drug-likeness (QED) is 0.842. The summed E-state index contributed by atoms with van der Waals surface area (Å²) in [4.78, 5) is 0. The van der Waals surface area contributed by atoms with Crippen molar-refractivity contribution >= 4 is 0 Å². The van der Waals surface area contributed by atoms with Crippen molar-refractivity contribution in [2.24, 2.45) is 17.6 Å². The summed E-state index contributed by atoms with van der Waals surface area (Å²) in [5.41, 5.74) is 5.75. The number of aromatic nitrogens is 4. The SMILES string of the molecule is CCC(NCC1CCCC(CN)C1)c1nnnn1C(C)(C)C. The number of rotatable bonds is 6. The Hall–Kier alpha value is -1.01. The van der Waals surface area contributed by atoms with Gasteiger partial charge in [0.25, 0.3) is 0 Å². The molecule has 0 aliphatic heterocycles. The van der Waals surface area contributed by atoms with Crippen LogP contribution in [0, 0.1) is 11.8 Å². The minimum absolute atomic E-state index is 0.0938. The number of tetrazole rings is 1. The Kier molecular flexibility index (Phi) is 5.92. The van der Waals surface area contributed by atoms with Crippen molar-refractivity contribution in [1.82, 2.24) is 25.5 Å². The summed E-state index contributed by atoms with van der Waals surface area (Å²) in [6.07, 6.45) is 6.16. The first-order chi connectivity index (χ1) is 10.5. The van der Waals surface area contributed by atoms with E-state index < -0.39 is 0 Å². The normalized spacial score (nSPS) is 24.4. The van der Waals surface area contributed by atoms with Crippen LogP contribution < -0.4 is 11.1 Å². The highest BCUT2D eigenvalue weighted by atomic mass is 15.6. The summed E-state index contributed by atoms with van der Waals surface area (Å²) in [5.74, 6) is 2.39. The van der Waals surface area contributed by atoms with Crippen molar-refractivity contribution in [2.45, 2.75) is 71.4 Å². The average molecular weight is 308 g/mol. The lowest BCUT2D eigenvalue weighted by Gasteiger charge is -2.30. The fourth-order valence-corrected chi connectivity index (χ4v) is 3.42. The lowest BCUT2D eigenvalue weighted by molar-refractivity contribution is 0.250. The Morgan fingerprint density at radius 1 is 1.32 bits per heavy atom. The summed E-state index contributed by atoms with van der Waals surface area (Å²) in [6.45, 7) is 10.4. The molecule has 3 N–H and O–H groups in total. The molecule has 1 saturated carbocycles. The fraction of sp³-hybridized carbons (Fsp3) is 0.938. The molecule has 6 heteroatoms. The van der Waals surface area contributed by atoms with Gasteiger partial charge in [0.1, 0.15) is 0 Å². The number of hydrogen-bond acceptors (Lipinski definition) is 5. The molecule has 0 bridgehead atoms.